The van der Waals surface area contributed by atoms with Crippen LogP contribution in [0.2, 0.25) is 5.02 Å². The van der Waals surface area contributed by atoms with Crippen LogP contribution < -0.4 is 0 Å². The number of fused-ring (bicyclic) bond motifs is 1. The van der Waals surface area contributed by atoms with Gasteiger partial charge in [0.05, 0.1) is 9.72 Å². The lowest BCUT2D eigenvalue weighted by molar-refractivity contribution is 0.0702. The minimum atomic E-state index is -1.05. The maximum absolute atomic E-state index is 13.4. The van der Waals surface area contributed by atoms with Gasteiger partial charge < -0.3 is 5.11 Å². The average molecular weight is 261 g/mol. The molecule has 0 saturated heterocycles. The molecular formula is C11H10ClFO2S. The summed E-state index contributed by atoms with van der Waals surface area (Å²) in [5, 5.41) is 9.28. The lowest BCUT2D eigenvalue weighted by Crippen LogP contribution is -1.89. The first-order valence-electron chi connectivity index (χ1n) is 4.70. The molecule has 86 valence electrons. The summed E-state index contributed by atoms with van der Waals surface area (Å²) in [7, 11) is 0. The maximum Gasteiger partial charge on any atom is 0.345 e. The molecule has 1 aromatic carbocycles. The van der Waals surface area contributed by atoms with Crippen molar-refractivity contribution in [1.82, 2.24) is 0 Å². The minimum Gasteiger partial charge on any atom is -0.477 e. The van der Waals surface area contributed by atoms with E-state index in [2.05, 4.69) is 0 Å². The molecule has 0 aliphatic rings. The molecule has 0 atom stereocenters. The molecule has 0 aliphatic carbocycles. The number of thiophene rings is 1. The van der Waals surface area contributed by atoms with Crippen LogP contribution >= 0.6 is 22.9 Å². The predicted octanol–water partition coefficient (Wildman–Crippen LogP) is 4.42. The van der Waals surface area contributed by atoms with Crippen LogP contribution in [0.5, 0.6) is 0 Å². The normalized spacial score (nSPS) is 9.75. The molecule has 1 heterocycles. The first kappa shape index (κ1) is 12.9. The Labute approximate surface area is 101 Å². The van der Waals surface area contributed by atoms with Crippen LogP contribution in [0.25, 0.3) is 10.1 Å². The van der Waals surface area contributed by atoms with Gasteiger partial charge in [-0.3, -0.25) is 0 Å². The predicted molar refractivity (Wildman–Crippen MR) is 65.1 cm³/mol. The molecule has 5 heteroatoms. The van der Waals surface area contributed by atoms with Gasteiger partial charge in [-0.05, 0) is 17.5 Å². The second kappa shape index (κ2) is 5.27. The third-order valence-corrected chi connectivity index (χ3v) is 3.21. The Morgan fingerprint density at radius 2 is 2.06 bits per heavy atom. The van der Waals surface area contributed by atoms with Gasteiger partial charge >= 0.3 is 5.97 Å². The lowest BCUT2D eigenvalue weighted by Gasteiger charge is -1.93. The van der Waals surface area contributed by atoms with Gasteiger partial charge in [-0.15, -0.1) is 11.3 Å². The van der Waals surface area contributed by atoms with Crippen LogP contribution in [-0.2, 0) is 0 Å². The van der Waals surface area contributed by atoms with Crippen molar-refractivity contribution in [2.45, 2.75) is 13.8 Å². The maximum atomic E-state index is 13.4. The fraction of sp³-hybridized carbons (Fsp3) is 0.182. The van der Waals surface area contributed by atoms with Gasteiger partial charge in [-0.1, -0.05) is 31.5 Å². The van der Waals surface area contributed by atoms with Gasteiger partial charge in [0.1, 0.15) is 4.88 Å². The summed E-state index contributed by atoms with van der Waals surface area (Å²) in [5.41, 5.74) is 0. The fourth-order valence-corrected chi connectivity index (χ4v) is 2.30. The second-order valence-electron chi connectivity index (χ2n) is 2.70. The molecule has 0 spiro atoms. The summed E-state index contributed by atoms with van der Waals surface area (Å²) in [4.78, 5) is 10.7. The molecule has 0 unspecified atom stereocenters. The Morgan fingerprint density at radius 1 is 1.44 bits per heavy atom. The highest BCUT2D eigenvalue weighted by molar-refractivity contribution is 7.20. The molecule has 0 aliphatic heterocycles. The van der Waals surface area contributed by atoms with Crippen LogP contribution in [0.1, 0.15) is 23.5 Å². The first-order valence-corrected chi connectivity index (χ1v) is 5.90. The van der Waals surface area contributed by atoms with E-state index in [0.29, 0.717) is 5.39 Å². The molecule has 1 N–H and O–H groups in total. The van der Waals surface area contributed by atoms with Crippen LogP contribution in [-0.4, -0.2) is 11.1 Å². The molecule has 0 saturated carbocycles. The molecular weight excluding hydrogens is 251 g/mol. The largest absolute Gasteiger partial charge is 0.477 e. The van der Waals surface area contributed by atoms with E-state index in [1.54, 1.807) is 6.07 Å². The molecule has 2 nitrogen and oxygen atoms in total. The molecule has 2 aromatic rings. The number of carboxylic acids is 1. The summed E-state index contributed by atoms with van der Waals surface area (Å²) in [6, 6.07) is 4.45. The van der Waals surface area contributed by atoms with Crippen LogP contribution in [0.3, 0.4) is 0 Å². The van der Waals surface area contributed by atoms with Crippen molar-refractivity contribution in [2.75, 3.05) is 0 Å². The van der Waals surface area contributed by atoms with Crippen molar-refractivity contribution < 1.29 is 14.3 Å². The smallest absolute Gasteiger partial charge is 0.345 e. The van der Waals surface area contributed by atoms with E-state index >= 15 is 0 Å². The molecule has 0 amide bonds. The number of carbonyl (C=O) groups is 1. The summed E-state index contributed by atoms with van der Waals surface area (Å²) < 4.78 is 13.6. The van der Waals surface area contributed by atoms with Gasteiger partial charge in [-0.2, -0.15) is 0 Å². The van der Waals surface area contributed by atoms with Crippen LogP contribution in [0.4, 0.5) is 4.39 Å². The average Bonchev–Trinajstić information content (AvgIpc) is 2.71. The number of carboxylic acid groups (broad SMARTS) is 1. The Bertz CT molecular complexity index is 522. The summed E-state index contributed by atoms with van der Waals surface area (Å²) in [6.45, 7) is 4.00. The Morgan fingerprint density at radius 3 is 2.62 bits per heavy atom. The molecule has 0 radical (unpaired) electrons. The number of benzene rings is 1. The van der Waals surface area contributed by atoms with Gasteiger partial charge in [0.25, 0.3) is 0 Å². The third-order valence-electron chi connectivity index (χ3n) is 1.79. The van der Waals surface area contributed by atoms with E-state index in [1.807, 2.05) is 13.8 Å². The van der Waals surface area contributed by atoms with E-state index in [9.17, 15) is 9.18 Å². The van der Waals surface area contributed by atoms with Gasteiger partial charge in [-0.25, -0.2) is 9.18 Å². The molecule has 1 aromatic heterocycles. The van der Waals surface area contributed by atoms with Crippen molar-refractivity contribution in [3.05, 3.63) is 33.9 Å². The topological polar surface area (TPSA) is 37.3 Å². The first-order chi connectivity index (χ1) is 7.59. The standard InChI is InChI=1S/C9H4ClFO2S.C2H6/c10-5-2-1-4-3-6(9(12)13)14-8(4)7(5)11;1-2/h1-3H,(H,12,13);1-2H3. The SMILES string of the molecule is CC.O=C(O)c1cc2ccc(Cl)c(F)c2s1. The number of aromatic carboxylic acids is 1. The monoisotopic (exact) mass is 260 g/mol. The van der Waals surface area contributed by atoms with E-state index in [-0.39, 0.29) is 14.6 Å². The summed E-state index contributed by atoms with van der Waals surface area (Å²) >= 11 is 6.45. The zero-order valence-corrected chi connectivity index (χ0v) is 10.3. The van der Waals surface area contributed by atoms with E-state index in [1.165, 1.54) is 12.1 Å². The van der Waals surface area contributed by atoms with Gasteiger partial charge in [0.15, 0.2) is 5.82 Å². The summed E-state index contributed by atoms with van der Waals surface area (Å²) in [6.07, 6.45) is 0. The number of halogens is 2. The molecule has 0 fully saturated rings. The minimum absolute atomic E-state index is 0.0105. The zero-order valence-electron chi connectivity index (χ0n) is 8.75. The summed E-state index contributed by atoms with van der Waals surface area (Å²) in [5.74, 6) is -1.61. The highest BCUT2D eigenvalue weighted by atomic mass is 35.5. The lowest BCUT2D eigenvalue weighted by atomic mass is 10.2. The highest BCUT2D eigenvalue weighted by Crippen LogP contribution is 2.31. The van der Waals surface area contributed by atoms with Crippen LogP contribution in [0.15, 0.2) is 18.2 Å². The zero-order chi connectivity index (χ0) is 12.3. The number of hydrogen-bond acceptors (Lipinski definition) is 2. The van der Waals surface area contributed by atoms with Crippen molar-refractivity contribution in [2.24, 2.45) is 0 Å². The molecule has 2 rings (SSSR count). The fourth-order valence-electron chi connectivity index (χ4n) is 1.15. The molecule has 16 heavy (non-hydrogen) atoms. The third kappa shape index (κ3) is 2.33. The van der Waals surface area contributed by atoms with E-state index in [0.717, 1.165) is 11.3 Å². The van der Waals surface area contributed by atoms with Crippen molar-refractivity contribution in [3.63, 3.8) is 0 Å². The van der Waals surface area contributed by atoms with E-state index in [4.69, 9.17) is 16.7 Å². The van der Waals surface area contributed by atoms with Gasteiger partial charge in [0, 0.05) is 0 Å². The Kier molecular flexibility index (Phi) is 4.26. The Hall–Kier alpha value is -1.13. The van der Waals surface area contributed by atoms with Crippen molar-refractivity contribution >= 4 is 39.0 Å². The Balaban J connectivity index is 0.000000606. The van der Waals surface area contributed by atoms with Crippen molar-refractivity contribution in [3.8, 4) is 0 Å². The van der Waals surface area contributed by atoms with Gasteiger partial charge in [0.2, 0.25) is 0 Å². The highest BCUT2D eigenvalue weighted by Gasteiger charge is 2.12. The van der Waals surface area contributed by atoms with Crippen LogP contribution in [0, 0.1) is 5.82 Å². The van der Waals surface area contributed by atoms with E-state index < -0.39 is 11.8 Å². The second-order valence-corrected chi connectivity index (χ2v) is 4.15. The van der Waals surface area contributed by atoms with Crippen molar-refractivity contribution in [1.29, 1.82) is 0 Å². The number of hydrogen-bond donors (Lipinski definition) is 1. The molecule has 0 bridgehead atoms. The number of rotatable bonds is 1. The quantitative estimate of drug-likeness (QED) is 0.824.